The van der Waals surface area contributed by atoms with E-state index in [0.29, 0.717) is 35.6 Å². The number of hydrogen-bond donors (Lipinski definition) is 1. The molecule has 2 saturated heterocycles. The van der Waals surface area contributed by atoms with Gasteiger partial charge in [-0.3, -0.25) is 4.79 Å². The molecule has 1 aromatic carbocycles. The number of alkyl halides is 3. The summed E-state index contributed by atoms with van der Waals surface area (Å²) in [6, 6.07) is 6.21. The molecule has 0 aliphatic carbocycles. The summed E-state index contributed by atoms with van der Waals surface area (Å²) in [7, 11) is 2.91. The van der Waals surface area contributed by atoms with Gasteiger partial charge in [-0.1, -0.05) is 6.42 Å². The molecule has 0 bridgehead atoms. The van der Waals surface area contributed by atoms with Crippen molar-refractivity contribution in [1.29, 1.82) is 0 Å². The molecule has 3 aromatic rings. The molecule has 0 radical (unpaired) electrons. The lowest BCUT2D eigenvalue weighted by atomic mass is 9.83. The molecule has 2 aliphatic heterocycles. The molecule has 5 rings (SSSR count). The number of rotatable bonds is 7. The number of ether oxygens (including phenoxy) is 2. The first kappa shape index (κ1) is 26.5. The van der Waals surface area contributed by atoms with Gasteiger partial charge in [-0.25, -0.2) is 9.67 Å². The predicted octanol–water partition coefficient (Wildman–Crippen LogP) is 5.03. The van der Waals surface area contributed by atoms with Crippen molar-refractivity contribution >= 4 is 17.2 Å². The summed E-state index contributed by atoms with van der Waals surface area (Å²) < 4.78 is 53.2. The van der Waals surface area contributed by atoms with E-state index in [2.05, 4.69) is 20.3 Å². The zero-order valence-corrected chi connectivity index (χ0v) is 22.1. The molecule has 2 unspecified atom stereocenters. The van der Waals surface area contributed by atoms with Crippen molar-refractivity contribution in [1.82, 2.24) is 25.0 Å². The molecule has 2 atom stereocenters. The van der Waals surface area contributed by atoms with E-state index in [1.54, 1.807) is 18.2 Å². The van der Waals surface area contributed by atoms with Crippen LogP contribution >= 0.6 is 11.3 Å². The number of carbonyl (C=O) groups excluding carboxylic acids is 1. The van der Waals surface area contributed by atoms with Crippen molar-refractivity contribution in [2.45, 2.75) is 44.3 Å². The first-order chi connectivity index (χ1) is 18.3. The van der Waals surface area contributed by atoms with Crippen LogP contribution < -0.4 is 14.8 Å². The third kappa shape index (κ3) is 5.37. The lowest BCUT2D eigenvalue weighted by molar-refractivity contribution is -0.142. The van der Waals surface area contributed by atoms with Gasteiger partial charge in [0.1, 0.15) is 17.2 Å². The molecule has 0 spiro atoms. The van der Waals surface area contributed by atoms with Crippen molar-refractivity contribution in [3.05, 3.63) is 41.0 Å². The second-order valence-corrected chi connectivity index (χ2v) is 10.5. The molecule has 38 heavy (non-hydrogen) atoms. The van der Waals surface area contributed by atoms with E-state index < -0.39 is 17.8 Å². The smallest absolute Gasteiger partial charge is 0.433 e. The summed E-state index contributed by atoms with van der Waals surface area (Å²) in [6.07, 6.45) is 1.05. The Morgan fingerprint density at radius 2 is 1.95 bits per heavy atom. The van der Waals surface area contributed by atoms with E-state index in [-0.39, 0.29) is 16.5 Å². The molecule has 204 valence electrons. The lowest BCUT2D eigenvalue weighted by Gasteiger charge is -2.44. The number of methoxy groups -OCH3 is 2. The van der Waals surface area contributed by atoms with Gasteiger partial charge in [-0.2, -0.15) is 18.3 Å². The SMILES string of the molecule is COc1ccc(-c2cc(C(F)(F)F)n(-c3nc(C(=O)NCC4CCCN5CCCCC45)cs3)n2)c(OC)c1. The van der Waals surface area contributed by atoms with Crippen LogP contribution in [0.2, 0.25) is 0 Å². The number of piperidine rings is 2. The minimum absolute atomic E-state index is 0.0441. The third-order valence-electron chi connectivity index (χ3n) is 7.34. The molecule has 1 amide bonds. The van der Waals surface area contributed by atoms with E-state index in [4.69, 9.17) is 9.47 Å². The Morgan fingerprint density at radius 1 is 1.13 bits per heavy atom. The normalized spacial score (nSPS) is 20.1. The second kappa shape index (κ2) is 10.9. The molecule has 2 fully saturated rings. The fourth-order valence-corrected chi connectivity index (χ4v) is 6.23. The summed E-state index contributed by atoms with van der Waals surface area (Å²) in [4.78, 5) is 19.6. The quantitative estimate of drug-likeness (QED) is 0.446. The van der Waals surface area contributed by atoms with Crippen molar-refractivity contribution in [3.8, 4) is 27.9 Å². The molecular formula is C26H30F3N5O3S. The zero-order valence-electron chi connectivity index (χ0n) is 21.3. The van der Waals surface area contributed by atoms with Crippen LogP contribution in [-0.4, -0.2) is 65.5 Å². The van der Waals surface area contributed by atoms with Gasteiger partial charge in [0.25, 0.3) is 5.91 Å². The molecule has 1 N–H and O–H groups in total. The van der Waals surface area contributed by atoms with Gasteiger partial charge in [-0.05, 0) is 62.9 Å². The number of thiazole rings is 1. The molecule has 8 nitrogen and oxygen atoms in total. The Morgan fingerprint density at radius 3 is 2.71 bits per heavy atom. The second-order valence-electron chi connectivity index (χ2n) is 9.62. The van der Waals surface area contributed by atoms with Crippen LogP contribution in [0.25, 0.3) is 16.4 Å². The van der Waals surface area contributed by atoms with Gasteiger partial charge in [0.2, 0.25) is 5.13 Å². The van der Waals surface area contributed by atoms with Crippen LogP contribution in [0.15, 0.2) is 29.6 Å². The molecule has 12 heteroatoms. The van der Waals surface area contributed by atoms with Gasteiger partial charge in [-0.15, -0.1) is 11.3 Å². The number of amides is 1. The minimum atomic E-state index is -4.69. The maximum absolute atomic E-state index is 14.0. The highest BCUT2D eigenvalue weighted by molar-refractivity contribution is 7.12. The largest absolute Gasteiger partial charge is 0.497 e. The topological polar surface area (TPSA) is 81.5 Å². The molecule has 4 heterocycles. The van der Waals surface area contributed by atoms with Gasteiger partial charge in [0.15, 0.2) is 5.69 Å². The Bertz CT molecular complexity index is 1290. The van der Waals surface area contributed by atoms with Crippen molar-refractivity contribution in [2.75, 3.05) is 33.9 Å². The first-order valence-corrected chi connectivity index (χ1v) is 13.5. The number of carbonyl (C=O) groups is 1. The standard InChI is InChI=1S/C26H30F3N5O3S/c1-36-17-8-9-18(22(12-17)37-2)19-13-23(26(27,28)29)34(32-19)25-31-20(15-38-25)24(35)30-14-16-6-5-11-33-10-4-3-7-21(16)33/h8-9,12-13,15-16,21H,3-7,10-11,14H2,1-2H3,(H,30,35). The van der Waals surface area contributed by atoms with Crippen molar-refractivity contribution in [3.63, 3.8) is 0 Å². The fourth-order valence-electron chi connectivity index (χ4n) is 5.47. The average molecular weight is 550 g/mol. The van der Waals surface area contributed by atoms with E-state index in [1.807, 2.05) is 0 Å². The van der Waals surface area contributed by atoms with Crippen LogP contribution in [0.3, 0.4) is 0 Å². The average Bonchev–Trinajstić information content (AvgIpc) is 3.59. The van der Waals surface area contributed by atoms with Crippen LogP contribution in [0.1, 0.15) is 48.3 Å². The highest BCUT2D eigenvalue weighted by Crippen LogP contribution is 2.38. The van der Waals surface area contributed by atoms with E-state index in [0.717, 1.165) is 54.4 Å². The Balaban J connectivity index is 1.36. The van der Waals surface area contributed by atoms with Crippen LogP contribution in [0, 0.1) is 5.92 Å². The molecule has 2 aliphatic rings. The van der Waals surface area contributed by atoms with Crippen molar-refractivity contribution < 1.29 is 27.4 Å². The van der Waals surface area contributed by atoms with Gasteiger partial charge in [0.05, 0.1) is 19.9 Å². The highest BCUT2D eigenvalue weighted by Gasteiger charge is 2.38. The summed E-state index contributed by atoms with van der Waals surface area (Å²) in [5.74, 6) is 0.802. The van der Waals surface area contributed by atoms with Gasteiger partial charge in [0, 0.05) is 29.6 Å². The number of nitrogens with one attached hydrogen (secondary N) is 1. The maximum Gasteiger partial charge on any atom is 0.433 e. The number of benzene rings is 1. The summed E-state index contributed by atoms with van der Waals surface area (Å²) in [6.45, 7) is 2.75. The molecule has 2 aromatic heterocycles. The fraction of sp³-hybridized carbons (Fsp3) is 0.500. The Kier molecular flexibility index (Phi) is 7.62. The van der Waals surface area contributed by atoms with Crippen LogP contribution in [-0.2, 0) is 6.18 Å². The summed E-state index contributed by atoms with van der Waals surface area (Å²) in [5.41, 5.74) is -0.483. The predicted molar refractivity (Wildman–Crippen MR) is 137 cm³/mol. The van der Waals surface area contributed by atoms with Crippen LogP contribution in [0.5, 0.6) is 11.5 Å². The van der Waals surface area contributed by atoms with Gasteiger partial charge >= 0.3 is 6.18 Å². The van der Waals surface area contributed by atoms with Gasteiger partial charge < -0.3 is 19.7 Å². The summed E-state index contributed by atoms with van der Waals surface area (Å²) in [5, 5.41) is 8.59. The number of nitrogens with zero attached hydrogens (tertiary/aromatic N) is 4. The number of aromatic nitrogens is 3. The summed E-state index contributed by atoms with van der Waals surface area (Å²) >= 11 is 0.934. The maximum atomic E-state index is 14.0. The molecule has 0 saturated carbocycles. The van der Waals surface area contributed by atoms with Crippen LogP contribution in [0.4, 0.5) is 13.2 Å². The number of hydrogen-bond acceptors (Lipinski definition) is 7. The van der Waals surface area contributed by atoms with Crippen molar-refractivity contribution in [2.24, 2.45) is 5.92 Å². The lowest BCUT2D eigenvalue weighted by Crippen LogP contribution is -2.51. The monoisotopic (exact) mass is 549 g/mol. The first-order valence-electron chi connectivity index (χ1n) is 12.7. The zero-order chi connectivity index (χ0) is 26.9. The number of fused-ring (bicyclic) bond motifs is 1. The Hall–Kier alpha value is -3.12. The van der Waals surface area contributed by atoms with E-state index >= 15 is 0 Å². The van der Waals surface area contributed by atoms with E-state index in [1.165, 1.54) is 32.4 Å². The van der Waals surface area contributed by atoms with E-state index in [9.17, 15) is 18.0 Å². The third-order valence-corrected chi connectivity index (χ3v) is 8.16. The number of halogens is 3. The minimum Gasteiger partial charge on any atom is -0.497 e. The Labute approximate surface area is 222 Å². The molecular weight excluding hydrogens is 519 g/mol. The highest BCUT2D eigenvalue weighted by atomic mass is 32.1.